The van der Waals surface area contributed by atoms with Crippen molar-refractivity contribution < 1.29 is 4.79 Å². The Kier molecular flexibility index (Phi) is 4.50. The van der Waals surface area contributed by atoms with Crippen molar-refractivity contribution in [2.24, 2.45) is 0 Å². The molecule has 2 nitrogen and oxygen atoms in total. The highest BCUT2D eigenvalue weighted by molar-refractivity contribution is 5.94. The molecule has 0 atom stereocenters. The summed E-state index contributed by atoms with van der Waals surface area (Å²) in [7, 11) is 1.82. The maximum Gasteiger partial charge on any atom is 0.253 e. The minimum Gasteiger partial charge on any atom is -0.342 e. The predicted molar refractivity (Wildman–Crippen MR) is 73.1 cm³/mol. The lowest BCUT2D eigenvalue weighted by Crippen LogP contribution is -2.26. The number of hydrogen-bond acceptors (Lipinski definition) is 1. The van der Waals surface area contributed by atoms with E-state index in [9.17, 15) is 4.79 Å². The number of amides is 1. The second-order valence-corrected chi connectivity index (χ2v) is 4.32. The minimum absolute atomic E-state index is 0.0836. The average Bonchev–Trinajstić information content (AvgIpc) is 2.35. The molecular formula is C15H21NO. The molecule has 2 heteroatoms. The van der Waals surface area contributed by atoms with Crippen LogP contribution in [-0.2, 0) is 0 Å². The standard InChI is InChI=1S/C15H21NO/c1-6-11(3)14-9-8-13(10-12(14)4)15(17)16(5)7-2/h6,8-10H,7H2,1-5H3/b11-6-. The molecule has 1 rings (SSSR count). The average molecular weight is 231 g/mol. The molecule has 1 aromatic rings. The van der Waals surface area contributed by atoms with Crippen LogP contribution in [0.1, 0.15) is 42.3 Å². The minimum atomic E-state index is 0.0836. The first-order valence-electron chi connectivity index (χ1n) is 6.00. The second kappa shape index (κ2) is 5.67. The maximum atomic E-state index is 12.0. The summed E-state index contributed by atoms with van der Waals surface area (Å²) in [5.41, 5.74) is 4.36. The molecule has 92 valence electrons. The lowest BCUT2D eigenvalue weighted by atomic mass is 9.99. The summed E-state index contributed by atoms with van der Waals surface area (Å²) in [6.07, 6.45) is 2.09. The monoisotopic (exact) mass is 231 g/mol. The molecule has 0 aliphatic carbocycles. The number of allylic oxidation sites excluding steroid dienone is 2. The summed E-state index contributed by atoms with van der Waals surface area (Å²) in [4.78, 5) is 13.7. The summed E-state index contributed by atoms with van der Waals surface area (Å²) < 4.78 is 0. The van der Waals surface area contributed by atoms with E-state index in [1.54, 1.807) is 4.90 Å². The largest absolute Gasteiger partial charge is 0.342 e. The number of nitrogens with zero attached hydrogens (tertiary/aromatic N) is 1. The Balaban J connectivity index is 3.09. The van der Waals surface area contributed by atoms with Crippen molar-refractivity contribution in [3.63, 3.8) is 0 Å². The van der Waals surface area contributed by atoms with Gasteiger partial charge in [-0.15, -0.1) is 0 Å². The fraction of sp³-hybridized carbons (Fsp3) is 0.400. The fourth-order valence-corrected chi connectivity index (χ4v) is 1.76. The van der Waals surface area contributed by atoms with Gasteiger partial charge in [-0.25, -0.2) is 0 Å². The molecule has 0 heterocycles. The van der Waals surface area contributed by atoms with Gasteiger partial charge in [0, 0.05) is 19.2 Å². The van der Waals surface area contributed by atoms with Gasteiger partial charge in [0.15, 0.2) is 0 Å². The molecule has 17 heavy (non-hydrogen) atoms. The Hall–Kier alpha value is -1.57. The summed E-state index contributed by atoms with van der Waals surface area (Å²) >= 11 is 0. The topological polar surface area (TPSA) is 20.3 Å². The highest BCUT2D eigenvalue weighted by Crippen LogP contribution is 2.20. The molecule has 0 saturated carbocycles. The zero-order valence-electron chi connectivity index (χ0n) is 11.4. The van der Waals surface area contributed by atoms with Gasteiger partial charge in [0.25, 0.3) is 5.91 Å². The van der Waals surface area contributed by atoms with Gasteiger partial charge in [-0.05, 0) is 56.5 Å². The summed E-state index contributed by atoms with van der Waals surface area (Å²) in [6.45, 7) is 8.86. The van der Waals surface area contributed by atoms with Crippen LogP contribution in [0, 0.1) is 6.92 Å². The zero-order chi connectivity index (χ0) is 13.0. The van der Waals surface area contributed by atoms with Crippen molar-refractivity contribution in [2.75, 3.05) is 13.6 Å². The number of carbonyl (C=O) groups excluding carboxylic acids is 1. The van der Waals surface area contributed by atoms with Gasteiger partial charge in [0.1, 0.15) is 0 Å². The highest BCUT2D eigenvalue weighted by Gasteiger charge is 2.11. The maximum absolute atomic E-state index is 12.0. The Morgan fingerprint density at radius 2 is 2.06 bits per heavy atom. The molecule has 0 bridgehead atoms. The van der Waals surface area contributed by atoms with Crippen LogP contribution in [0.2, 0.25) is 0 Å². The van der Waals surface area contributed by atoms with E-state index in [0.29, 0.717) is 0 Å². The van der Waals surface area contributed by atoms with Gasteiger partial charge >= 0.3 is 0 Å². The van der Waals surface area contributed by atoms with Crippen molar-refractivity contribution >= 4 is 11.5 Å². The molecule has 1 aromatic carbocycles. The van der Waals surface area contributed by atoms with Gasteiger partial charge in [0.2, 0.25) is 0 Å². The van der Waals surface area contributed by atoms with Crippen LogP contribution in [0.3, 0.4) is 0 Å². The number of benzene rings is 1. The van der Waals surface area contributed by atoms with E-state index in [4.69, 9.17) is 0 Å². The van der Waals surface area contributed by atoms with Gasteiger partial charge in [0.05, 0.1) is 0 Å². The number of aryl methyl sites for hydroxylation is 1. The normalized spacial score (nSPS) is 11.5. The van der Waals surface area contributed by atoms with E-state index in [1.807, 2.05) is 46.0 Å². The van der Waals surface area contributed by atoms with E-state index in [-0.39, 0.29) is 5.91 Å². The third-order valence-electron chi connectivity index (χ3n) is 3.15. The van der Waals surface area contributed by atoms with E-state index >= 15 is 0 Å². The molecule has 0 aromatic heterocycles. The van der Waals surface area contributed by atoms with Crippen LogP contribution in [0.15, 0.2) is 24.3 Å². The number of carbonyl (C=O) groups is 1. The van der Waals surface area contributed by atoms with Crippen molar-refractivity contribution in [3.8, 4) is 0 Å². The Labute approximate surface area is 104 Å². The molecule has 0 radical (unpaired) electrons. The molecule has 0 aliphatic rings. The Morgan fingerprint density at radius 1 is 1.41 bits per heavy atom. The van der Waals surface area contributed by atoms with Crippen LogP contribution in [0.4, 0.5) is 0 Å². The Bertz CT molecular complexity index is 446. The Morgan fingerprint density at radius 3 is 2.53 bits per heavy atom. The van der Waals surface area contributed by atoms with Gasteiger partial charge in [-0.2, -0.15) is 0 Å². The molecule has 0 aliphatic heterocycles. The van der Waals surface area contributed by atoms with Gasteiger partial charge in [-0.1, -0.05) is 12.1 Å². The van der Waals surface area contributed by atoms with Crippen LogP contribution >= 0.6 is 0 Å². The first kappa shape index (κ1) is 13.5. The third kappa shape index (κ3) is 2.96. The number of rotatable bonds is 3. The molecule has 0 spiro atoms. The molecular weight excluding hydrogens is 210 g/mol. The molecule has 1 amide bonds. The first-order chi connectivity index (χ1) is 8.01. The van der Waals surface area contributed by atoms with Crippen LogP contribution in [0.5, 0.6) is 0 Å². The van der Waals surface area contributed by atoms with E-state index in [1.165, 1.54) is 11.1 Å². The lowest BCUT2D eigenvalue weighted by Gasteiger charge is -2.15. The third-order valence-corrected chi connectivity index (χ3v) is 3.15. The van der Waals surface area contributed by atoms with E-state index in [0.717, 1.165) is 17.7 Å². The van der Waals surface area contributed by atoms with Crippen molar-refractivity contribution in [3.05, 3.63) is 41.0 Å². The smallest absolute Gasteiger partial charge is 0.253 e. The van der Waals surface area contributed by atoms with Crippen LogP contribution < -0.4 is 0 Å². The second-order valence-electron chi connectivity index (χ2n) is 4.32. The SMILES string of the molecule is C/C=C(/C)c1ccc(C(=O)N(C)CC)cc1C. The quantitative estimate of drug-likeness (QED) is 0.779. The van der Waals surface area contributed by atoms with Crippen molar-refractivity contribution in [2.45, 2.75) is 27.7 Å². The van der Waals surface area contributed by atoms with Crippen LogP contribution in [-0.4, -0.2) is 24.4 Å². The van der Waals surface area contributed by atoms with Crippen molar-refractivity contribution in [1.82, 2.24) is 4.90 Å². The fourth-order valence-electron chi connectivity index (χ4n) is 1.76. The lowest BCUT2D eigenvalue weighted by molar-refractivity contribution is 0.0802. The van der Waals surface area contributed by atoms with Gasteiger partial charge < -0.3 is 4.90 Å². The summed E-state index contributed by atoms with van der Waals surface area (Å²) in [5.74, 6) is 0.0836. The first-order valence-corrected chi connectivity index (χ1v) is 6.00. The number of hydrogen-bond donors (Lipinski definition) is 0. The van der Waals surface area contributed by atoms with E-state index < -0.39 is 0 Å². The summed E-state index contributed by atoms with van der Waals surface area (Å²) in [5, 5.41) is 0. The molecule has 0 saturated heterocycles. The molecule has 0 N–H and O–H groups in total. The van der Waals surface area contributed by atoms with Crippen LogP contribution in [0.25, 0.3) is 5.57 Å². The predicted octanol–water partition coefficient (Wildman–Crippen LogP) is 3.51. The summed E-state index contributed by atoms with van der Waals surface area (Å²) in [6, 6.07) is 5.90. The highest BCUT2D eigenvalue weighted by atomic mass is 16.2. The van der Waals surface area contributed by atoms with Crippen molar-refractivity contribution in [1.29, 1.82) is 0 Å². The zero-order valence-corrected chi connectivity index (χ0v) is 11.4. The molecule has 0 fully saturated rings. The van der Waals surface area contributed by atoms with Gasteiger partial charge in [-0.3, -0.25) is 4.79 Å². The van der Waals surface area contributed by atoms with E-state index in [2.05, 4.69) is 13.0 Å². The molecule has 0 unspecified atom stereocenters.